The highest BCUT2D eigenvalue weighted by Gasteiger charge is 2.15. The van der Waals surface area contributed by atoms with Crippen LogP contribution in [0.4, 0.5) is 0 Å². The first-order chi connectivity index (χ1) is 10.4. The highest BCUT2D eigenvalue weighted by molar-refractivity contribution is 7.89. The summed E-state index contributed by atoms with van der Waals surface area (Å²) >= 11 is 0. The van der Waals surface area contributed by atoms with Crippen molar-refractivity contribution in [3.05, 3.63) is 65.2 Å². The maximum atomic E-state index is 12.2. The van der Waals surface area contributed by atoms with Gasteiger partial charge in [-0.25, -0.2) is 17.9 Å². The second-order valence-corrected chi connectivity index (χ2v) is 6.53. The number of hydrogen-bond donors (Lipinski definition) is 1. The summed E-state index contributed by atoms with van der Waals surface area (Å²) in [6.07, 6.45) is 0. The maximum absolute atomic E-state index is 12.2. The summed E-state index contributed by atoms with van der Waals surface area (Å²) in [6, 6.07) is 13.2. The van der Waals surface area contributed by atoms with Crippen molar-refractivity contribution >= 4 is 16.0 Å². The minimum absolute atomic E-state index is 0.105. The highest BCUT2D eigenvalue weighted by Crippen LogP contribution is 2.13. The van der Waals surface area contributed by atoms with Gasteiger partial charge in [-0.15, -0.1) is 0 Å². The van der Waals surface area contributed by atoms with Gasteiger partial charge in [-0.3, -0.25) is 0 Å². The van der Waals surface area contributed by atoms with E-state index in [0.29, 0.717) is 5.56 Å². The first kappa shape index (κ1) is 16.2. The summed E-state index contributed by atoms with van der Waals surface area (Å²) in [7, 11) is -2.35. The molecule has 0 aliphatic heterocycles. The molecule has 0 amide bonds. The Labute approximate surface area is 130 Å². The first-order valence-electron chi connectivity index (χ1n) is 6.66. The van der Waals surface area contributed by atoms with Gasteiger partial charge in [0.05, 0.1) is 17.6 Å². The van der Waals surface area contributed by atoms with E-state index in [2.05, 4.69) is 9.46 Å². The van der Waals surface area contributed by atoms with E-state index in [-0.39, 0.29) is 11.4 Å². The third kappa shape index (κ3) is 3.72. The monoisotopic (exact) mass is 319 g/mol. The van der Waals surface area contributed by atoms with E-state index in [4.69, 9.17) is 0 Å². The lowest BCUT2D eigenvalue weighted by molar-refractivity contribution is 0.0600. The van der Waals surface area contributed by atoms with E-state index >= 15 is 0 Å². The van der Waals surface area contributed by atoms with Gasteiger partial charge in [0.2, 0.25) is 10.0 Å². The zero-order chi connectivity index (χ0) is 16.2. The summed E-state index contributed by atoms with van der Waals surface area (Å²) in [5.41, 5.74) is 2.24. The normalized spacial score (nSPS) is 11.2. The van der Waals surface area contributed by atoms with Crippen LogP contribution in [0.25, 0.3) is 0 Å². The van der Waals surface area contributed by atoms with Gasteiger partial charge in [-0.05, 0) is 42.3 Å². The summed E-state index contributed by atoms with van der Waals surface area (Å²) in [5, 5.41) is 0. The number of ether oxygens (including phenoxy) is 1. The van der Waals surface area contributed by atoms with Gasteiger partial charge in [-0.1, -0.05) is 24.3 Å². The van der Waals surface area contributed by atoms with Gasteiger partial charge in [0.1, 0.15) is 0 Å². The molecule has 0 saturated heterocycles. The number of esters is 1. The molecule has 0 spiro atoms. The number of methoxy groups -OCH3 is 1. The molecule has 0 fully saturated rings. The molecule has 2 aromatic rings. The lowest BCUT2D eigenvalue weighted by Crippen LogP contribution is -2.23. The quantitative estimate of drug-likeness (QED) is 0.858. The third-order valence-electron chi connectivity index (χ3n) is 3.30. The Morgan fingerprint density at radius 3 is 2.32 bits per heavy atom. The summed E-state index contributed by atoms with van der Waals surface area (Å²) < 4.78 is 31.6. The number of hydrogen-bond acceptors (Lipinski definition) is 4. The fourth-order valence-corrected chi connectivity index (χ4v) is 2.96. The van der Waals surface area contributed by atoms with E-state index in [1.807, 2.05) is 31.2 Å². The van der Waals surface area contributed by atoms with Crippen molar-refractivity contribution in [2.24, 2.45) is 0 Å². The predicted molar refractivity (Wildman–Crippen MR) is 83.0 cm³/mol. The minimum atomic E-state index is -3.63. The predicted octanol–water partition coefficient (Wildman–Crippen LogP) is 2.26. The molecule has 0 bridgehead atoms. The Morgan fingerprint density at radius 2 is 1.73 bits per heavy atom. The van der Waals surface area contributed by atoms with Crippen LogP contribution in [-0.4, -0.2) is 21.5 Å². The zero-order valence-corrected chi connectivity index (χ0v) is 13.2. The molecule has 116 valence electrons. The molecule has 0 aromatic heterocycles. The molecule has 2 rings (SSSR count). The number of carbonyl (C=O) groups is 1. The number of carbonyl (C=O) groups excluding carboxylic acids is 1. The fraction of sp³-hybridized carbons (Fsp3) is 0.188. The lowest BCUT2D eigenvalue weighted by atomic mass is 10.1. The molecule has 0 aliphatic rings. The third-order valence-corrected chi connectivity index (χ3v) is 4.72. The van der Waals surface area contributed by atoms with Crippen LogP contribution >= 0.6 is 0 Å². The molecule has 0 atom stereocenters. The molecule has 0 unspecified atom stereocenters. The second kappa shape index (κ2) is 6.72. The Kier molecular flexibility index (Phi) is 4.95. The van der Waals surface area contributed by atoms with E-state index in [1.54, 1.807) is 0 Å². The van der Waals surface area contributed by atoms with Crippen molar-refractivity contribution in [2.45, 2.75) is 18.4 Å². The van der Waals surface area contributed by atoms with Crippen LogP contribution in [-0.2, 0) is 21.3 Å². The molecule has 0 heterocycles. The van der Waals surface area contributed by atoms with Crippen LogP contribution in [0.15, 0.2) is 53.4 Å². The largest absolute Gasteiger partial charge is 0.465 e. The summed E-state index contributed by atoms with van der Waals surface area (Å²) in [5.74, 6) is -0.503. The molecular weight excluding hydrogens is 302 g/mol. The number of rotatable bonds is 5. The first-order valence-corrected chi connectivity index (χ1v) is 8.15. The van der Waals surface area contributed by atoms with E-state index < -0.39 is 16.0 Å². The van der Waals surface area contributed by atoms with Crippen molar-refractivity contribution in [1.82, 2.24) is 4.72 Å². The summed E-state index contributed by atoms with van der Waals surface area (Å²) in [4.78, 5) is 11.4. The lowest BCUT2D eigenvalue weighted by Gasteiger charge is -2.09. The SMILES string of the molecule is COC(=O)c1ccc(S(=O)(=O)NCc2ccccc2C)cc1. The average Bonchev–Trinajstić information content (AvgIpc) is 2.53. The molecule has 2 aromatic carbocycles. The molecule has 22 heavy (non-hydrogen) atoms. The number of aryl methyl sites for hydroxylation is 1. The Morgan fingerprint density at radius 1 is 1.09 bits per heavy atom. The number of sulfonamides is 1. The van der Waals surface area contributed by atoms with Crippen molar-refractivity contribution in [1.29, 1.82) is 0 Å². The van der Waals surface area contributed by atoms with Crippen LogP contribution in [0.3, 0.4) is 0 Å². The van der Waals surface area contributed by atoms with Gasteiger partial charge in [0.25, 0.3) is 0 Å². The van der Waals surface area contributed by atoms with Gasteiger partial charge in [0.15, 0.2) is 0 Å². The van der Waals surface area contributed by atoms with E-state index in [9.17, 15) is 13.2 Å². The number of benzene rings is 2. The Hall–Kier alpha value is -2.18. The zero-order valence-electron chi connectivity index (χ0n) is 12.4. The van der Waals surface area contributed by atoms with Gasteiger partial charge >= 0.3 is 5.97 Å². The van der Waals surface area contributed by atoms with E-state index in [0.717, 1.165) is 11.1 Å². The Bertz CT molecular complexity index is 767. The van der Waals surface area contributed by atoms with Crippen molar-refractivity contribution in [3.8, 4) is 0 Å². The molecule has 0 saturated carbocycles. The van der Waals surface area contributed by atoms with Crippen molar-refractivity contribution < 1.29 is 17.9 Å². The Balaban J connectivity index is 2.13. The van der Waals surface area contributed by atoms with Gasteiger partial charge in [-0.2, -0.15) is 0 Å². The summed E-state index contributed by atoms with van der Waals surface area (Å²) in [6.45, 7) is 2.14. The topological polar surface area (TPSA) is 72.5 Å². The van der Waals surface area contributed by atoms with Crippen LogP contribution < -0.4 is 4.72 Å². The van der Waals surface area contributed by atoms with Crippen LogP contribution in [0.5, 0.6) is 0 Å². The van der Waals surface area contributed by atoms with Crippen LogP contribution in [0.2, 0.25) is 0 Å². The van der Waals surface area contributed by atoms with Gasteiger partial charge in [0, 0.05) is 6.54 Å². The molecule has 0 radical (unpaired) electrons. The molecule has 5 nitrogen and oxygen atoms in total. The molecular formula is C16H17NO4S. The fourth-order valence-electron chi connectivity index (χ4n) is 1.95. The van der Waals surface area contributed by atoms with E-state index in [1.165, 1.54) is 31.4 Å². The van der Waals surface area contributed by atoms with Crippen LogP contribution in [0, 0.1) is 6.92 Å². The van der Waals surface area contributed by atoms with Crippen LogP contribution in [0.1, 0.15) is 21.5 Å². The van der Waals surface area contributed by atoms with Gasteiger partial charge < -0.3 is 4.74 Å². The van der Waals surface area contributed by atoms with Crippen molar-refractivity contribution in [2.75, 3.05) is 7.11 Å². The molecule has 1 N–H and O–H groups in total. The standard InChI is InChI=1S/C16H17NO4S/c1-12-5-3-4-6-14(12)11-17-22(19,20)15-9-7-13(8-10-15)16(18)21-2/h3-10,17H,11H2,1-2H3. The minimum Gasteiger partial charge on any atom is -0.465 e. The second-order valence-electron chi connectivity index (χ2n) is 4.77. The highest BCUT2D eigenvalue weighted by atomic mass is 32.2. The average molecular weight is 319 g/mol. The maximum Gasteiger partial charge on any atom is 0.337 e. The molecule has 0 aliphatic carbocycles. The molecule has 6 heteroatoms. The van der Waals surface area contributed by atoms with Crippen molar-refractivity contribution in [3.63, 3.8) is 0 Å². The number of nitrogens with one attached hydrogen (secondary N) is 1. The smallest absolute Gasteiger partial charge is 0.337 e.